The Morgan fingerprint density at radius 1 is 1.21 bits per heavy atom. The Labute approximate surface area is 174 Å². The van der Waals surface area contributed by atoms with Gasteiger partial charge in [0.2, 0.25) is 0 Å². The number of halogens is 5. The largest absolute Gasteiger partial charge is 0.437 e. The number of aromatic nitrogens is 2. The minimum Gasteiger partial charge on any atom is -0.437 e. The number of nitrogens with zero attached hydrogens (tertiary/aromatic N) is 2. The maximum absolute atomic E-state index is 12.9. The van der Waals surface area contributed by atoms with Crippen LogP contribution >= 0.6 is 23.2 Å². The molecule has 3 rings (SSSR count). The van der Waals surface area contributed by atoms with E-state index in [0.717, 1.165) is 12.1 Å². The number of carbonyl (C=O) groups excluding carboxylic acids is 1. The standard InChI is InChI=1S/C19H14Cl2F3N3O2/c1-2-27-10-14(17(28)25-16-7-6-12(20)9-15(16)21)18(26-27)29-13-5-3-4-11(8-13)19(22,23)24/h3-10H,2H2,1H3,(H,25,28). The highest BCUT2D eigenvalue weighted by Gasteiger charge is 2.31. The molecule has 0 atom stereocenters. The molecule has 0 radical (unpaired) electrons. The van der Waals surface area contributed by atoms with Crippen molar-refractivity contribution in [3.05, 3.63) is 69.8 Å². The smallest absolute Gasteiger partial charge is 0.416 e. The van der Waals surface area contributed by atoms with Gasteiger partial charge in [0.15, 0.2) is 0 Å². The number of amides is 1. The molecule has 1 amide bonds. The summed E-state index contributed by atoms with van der Waals surface area (Å²) in [6.45, 7) is 2.22. The van der Waals surface area contributed by atoms with Crippen molar-refractivity contribution >= 4 is 34.8 Å². The molecule has 1 N–H and O–H groups in total. The quantitative estimate of drug-likeness (QED) is 0.505. The van der Waals surface area contributed by atoms with E-state index in [9.17, 15) is 18.0 Å². The molecule has 1 aromatic heterocycles. The van der Waals surface area contributed by atoms with E-state index in [2.05, 4.69) is 10.4 Å². The lowest BCUT2D eigenvalue weighted by molar-refractivity contribution is -0.137. The van der Waals surface area contributed by atoms with Gasteiger partial charge in [0.25, 0.3) is 11.8 Å². The normalized spacial score (nSPS) is 11.4. The lowest BCUT2D eigenvalue weighted by atomic mass is 10.2. The maximum atomic E-state index is 12.9. The van der Waals surface area contributed by atoms with Crippen molar-refractivity contribution in [2.75, 3.05) is 5.32 Å². The highest BCUT2D eigenvalue weighted by molar-refractivity contribution is 6.36. The van der Waals surface area contributed by atoms with E-state index in [1.54, 1.807) is 13.0 Å². The summed E-state index contributed by atoms with van der Waals surface area (Å²) in [5.74, 6) is -0.815. The number of hydrogen-bond acceptors (Lipinski definition) is 3. The number of aryl methyl sites for hydroxylation is 1. The molecule has 0 saturated heterocycles. The summed E-state index contributed by atoms with van der Waals surface area (Å²) < 4.78 is 45.7. The second-order valence-corrected chi connectivity index (χ2v) is 6.75. The number of carbonyl (C=O) groups is 1. The minimum atomic E-state index is -4.52. The first-order valence-electron chi connectivity index (χ1n) is 8.36. The first-order chi connectivity index (χ1) is 13.7. The van der Waals surface area contributed by atoms with Crippen LogP contribution in [0.5, 0.6) is 11.6 Å². The van der Waals surface area contributed by atoms with Gasteiger partial charge < -0.3 is 10.1 Å². The third kappa shape index (κ3) is 5.02. The monoisotopic (exact) mass is 443 g/mol. The summed E-state index contributed by atoms with van der Waals surface area (Å²) in [6, 6.07) is 8.86. The second kappa shape index (κ2) is 8.34. The minimum absolute atomic E-state index is 0.0373. The van der Waals surface area contributed by atoms with Crippen LogP contribution < -0.4 is 10.1 Å². The van der Waals surface area contributed by atoms with Gasteiger partial charge in [-0.05, 0) is 43.3 Å². The van der Waals surface area contributed by atoms with Gasteiger partial charge in [-0.25, -0.2) is 0 Å². The van der Waals surface area contributed by atoms with Crippen LogP contribution in [-0.2, 0) is 12.7 Å². The molecule has 0 unspecified atom stereocenters. The number of benzene rings is 2. The number of ether oxygens (including phenoxy) is 1. The van der Waals surface area contributed by atoms with E-state index in [0.29, 0.717) is 17.3 Å². The van der Waals surface area contributed by atoms with Crippen molar-refractivity contribution in [1.82, 2.24) is 9.78 Å². The number of hydrogen-bond donors (Lipinski definition) is 1. The molecule has 0 aliphatic heterocycles. The van der Waals surface area contributed by atoms with Crippen molar-refractivity contribution in [1.29, 1.82) is 0 Å². The van der Waals surface area contributed by atoms with Crippen LogP contribution in [-0.4, -0.2) is 15.7 Å². The molecule has 0 bridgehead atoms. The first kappa shape index (κ1) is 21.0. The topological polar surface area (TPSA) is 56.2 Å². The lowest BCUT2D eigenvalue weighted by Gasteiger charge is -2.10. The van der Waals surface area contributed by atoms with E-state index in [1.165, 1.54) is 35.1 Å². The Bertz CT molecular complexity index is 1050. The molecular formula is C19H14Cl2F3N3O2. The average molecular weight is 444 g/mol. The zero-order valence-electron chi connectivity index (χ0n) is 14.9. The zero-order chi connectivity index (χ0) is 21.2. The third-order valence-corrected chi connectivity index (χ3v) is 4.40. The van der Waals surface area contributed by atoms with Crippen LogP contribution in [0.15, 0.2) is 48.7 Å². The van der Waals surface area contributed by atoms with Crippen LogP contribution in [0, 0.1) is 0 Å². The fraction of sp³-hybridized carbons (Fsp3) is 0.158. The predicted molar refractivity (Wildman–Crippen MR) is 104 cm³/mol. The molecule has 0 aliphatic carbocycles. The van der Waals surface area contributed by atoms with Crippen LogP contribution in [0.4, 0.5) is 18.9 Å². The van der Waals surface area contributed by atoms with Crippen molar-refractivity contribution < 1.29 is 22.7 Å². The lowest BCUT2D eigenvalue weighted by Crippen LogP contribution is -2.12. The Balaban J connectivity index is 1.89. The van der Waals surface area contributed by atoms with E-state index in [4.69, 9.17) is 27.9 Å². The molecule has 5 nitrogen and oxygen atoms in total. The second-order valence-electron chi connectivity index (χ2n) is 5.91. The molecule has 0 fully saturated rings. The molecule has 3 aromatic rings. The Kier molecular flexibility index (Phi) is 6.04. The highest BCUT2D eigenvalue weighted by atomic mass is 35.5. The van der Waals surface area contributed by atoms with Gasteiger partial charge in [-0.2, -0.15) is 13.2 Å². The molecule has 0 aliphatic rings. The van der Waals surface area contributed by atoms with Gasteiger partial charge in [0.1, 0.15) is 11.3 Å². The van der Waals surface area contributed by atoms with Gasteiger partial charge in [-0.1, -0.05) is 29.3 Å². The predicted octanol–water partition coefficient (Wildman–Crippen LogP) is 6.27. The van der Waals surface area contributed by atoms with Crippen molar-refractivity contribution in [3.8, 4) is 11.6 Å². The third-order valence-electron chi connectivity index (χ3n) is 3.85. The fourth-order valence-corrected chi connectivity index (χ4v) is 2.88. The number of alkyl halides is 3. The van der Waals surface area contributed by atoms with Crippen LogP contribution in [0.2, 0.25) is 10.0 Å². The Morgan fingerprint density at radius 3 is 2.62 bits per heavy atom. The van der Waals surface area contributed by atoms with Gasteiger partial charge in [-0.3, -0.25) is 9.48 Å². The average Bonchev–Trinajstić information content (AvgIpc) is 3.06. The van der Waals surface area contributed by atoms with Crippen molar-refractivity contribution in [2.24, 2.45) is 0 Å². The van der Waals surface area contributed by atoms with Crippen molar-refractivity contribution in [3.63, 3.8) is 0 Å². The summed E-state index contributed by atoms with van der Waals surface area (Å²) in [5.41, 5.74) is -0.519. The molecule has 0 spiro atoms. The molecule has 152 valence electrons. The van der Waals surface area contributed by atoms with E-state index < -0.39 is 17.6 Å². The number of rotatable bonds is 5. The molecule has 2 aromatic carbocycles. The fourth-order valence-electron chi connectivity index (χ4n) is 2.42. The molecule has 29 heavy (non-hydrogen) atoms. The first-order valence-corrected chi connectivity index (χ1v) is 9.12. The summed E-state index contributed by atoms with van der Waals surface area (Å²) in [6.07, 6.45) is -3.09. The van der Waals surface area contributed by atoms with Crippen molar-refractivity contribution in [2.45, 2.75) is 19.6 Å². The summed E-state index contributed by atoms with van der Waals surface area (Å²) in [5, 5.41) is 7.36. The van der Waals surface area contributed by atoms with E-state index in [1.807, 2.05) is 0 Å². The molecule has 0 saturated carbocycles. The summed E-state index contributed by atoms with van der Waals surface area (Å²) in [7, 11) is 0. The van der Waals surface area contributed by atoms with Crippen LogP contribution in [0.1, 0.15) is 22.8 Å². The molecule has 10 heteroatoms. The Hall–Kier alpha value is -2.71. The Morgan fingerprint density at radius 2 is 1.97 bits per heavy atom. The number of anilines is 1. The molecular weight excluding hydrogens is 430 g/mol. The van der Waals surface area contributed by atoms with Crippen LogP contribution in [0.25, 0.3) is 0 Å². The van der Waals surface area contributed by atoms with Gasteiger partial charge >= 0.3 is 6.18 Å². The highest BCUT2D eigenvalue weighted by Crippen LogP contribution is 2.33. The molecule has 1 heterocycles. The number of nitrogens with one attached hydrogen (secondary N) is 1. The van der Waals surface area contributed by atoms with Gasteiger partial charge in [0.05, 0.1) is 16.3 Å². The van der Waals surface area contributed by atoms with E-state index in [-0.39, 0.29) is 22.2 Å². The van der Waals surface area contributed by atoms with E-state index >= 15 is 0 Å². The van der Waals surface area contributed by atoms with Gasteiger partial charge in [0, 0.05) is 17.8 Å². The zero-order valence-corrected chi connectivity index (χ0v) is 16.4. The SMILES string of the molecule is CCn1cc(C(=O)Nc2ccc(Cl)cc2Cl)c(Oc2cccc(C(F)(F)F)c2)n1. The summed E-state index contributed by atoms with van der Waals surface area (Å²) in [4.78, 5) is 12.7. The summed E-state index contributed by atoms with van der Waals surface area (Å²) >= 11 is 11.9. The van der Waals surface area contributed by atoms with Crippen LogP contribution in [0.3, 0.4) is 0 Å². The van der Waals surface area contributed by atoms with Gasteiger partial charge in [-0.15, -0.1) is 5.10 Å². The maximum Gasteiger partial charge on any atom is 0.416 e.